The van der Waals surface area contributed by atoms with Crippen molar-refractivity contribution < 1.29 is 14.3 Å². The van der Waals surface area contributed by atoms with E-state index < -0.39 is 5.60 Å². The van der Waals surface area contributed by atoms with E-state index in [1.807, 2.05) is 39.0 Å². The molecule has 1 aromatic rings. The SMILES string of the molecule is CCN(Cc1cccc(NC(C)=O)c1)C1CN(C(=O)OC(C)(C)C)C1. The number of likely N-dealkylation sites (tertiary alicyclic amines) is 1. The van der Waals surface area contributed by atoms with Crippen LogP contribution in [0.15, 0.2) is 24.3 Å². The third-order valence-corrected chi connectivity index (χ3v) is 4.07. The molecule has 6 nitrogen and oxygen atoms in total. The van der Waals surface area contributed by atoms with Gasteiger partial charge in [0.15, 0.2) is 0 Å². The monoisotopic (exact) mass is 347 g/mol. The minimum absolute atomic E-state index is 0.0727. The summed E-state index contributed by atoms with van der Waals surface area (Å²) in [6.07, 6.45) is -0.243. The van der Waals surface area contributed by atoms with Gasteiger partial charge < -0.3 is 15.0 Å². The third kappa shape index (κ3) is 5.74. The Labute approximate surface area is 150 Å². The number of nitrogens with one attached hydrogen (secondary N) is 1. The lowest BCUT2D eigenvalue weighted by Crippen LogP contribution is -2.61. The van der Waals surface area contributed by atoms with Gasteiger partial charge >= 0.3 is 6.09 Å². The predicted molar refractivity (Wildman–Crippen MR) is 98.4 cm³/mol. The van der Waals surface area contributed by atoms with E-state index >= 15 is 0 Å². The number of anilines is 1. The summed E-state index contributed by atoms with van der Waals surface area (Å²) in [7, 11) is 0. The molecule has 1 fully saturated rings. The van der Waals surface area contributed by atoms with Crippen LogP contribution in [0, 0.1) is 0 Å². The van der Waals surface area contributed by atoms with Gasteiger partial charge in [0.1, 0.15) is 5.60 Å². The summed E-state index contributed by atoms with van der Waals surface area (Å²) in [5.41, 5.74) is 1.49. The fourth-order valence-corrected chi connectivity index (χ4v) is 2.85. The van der Waals surface area contributed by atoms with Gasteiger partial charge in [-0.05, 0) is 45.0 Å². The van der Waals surface area contributed by atoms with E-state index in [1.165, 1.54) is 6.92 Å². The van der Waals surface area contributed by atoms with Crippen molar-refractivity contribution in [3.8, 4) is 0 Å². The van der Waals surface area contributed by atoms with E-state index in [-0.39, 0.29) is 12.0 Å². The molecule has 1 aliphatic rings. The molecule has 0 unspecified atom stereocenters. The van der Waals surface area contributed by atoms with E-state index in [0.29, 0.717) is 19.1 Å². The Hall–Kier alpha value is -2.08. The summed E-state index contributed by atoms with van der Waals surface area (Å²) in [4.78, 5) is 27.3. The van der Waals surface area contributed by atoms with Crippen molar-refractivity contribution in [1.29, 1.82) is 0 Å². The van der Waals surface area contributed by atoms with Crippen LogP contribution < -0.4 is 5.32 Å². The summed E-state index contributed by atoms with van der Waals surface area (Å²) < 4.78 is 5.40. The van der Waals surface area contributed by atoms with E-state index in [4.69, 9.17) is 4.74 Å². The van der Waals surface area contributed by atoms with Crippen molar-refractivity contribution in [1.82, 2.24) is 9.80 Å². The summed E-state index contributed by atoms with van der Waals surface area (Å²) >= 11 is 0. The number of ether oxygens (including phenoxy) is 1. The average Bonchev–Trinajstić information content (AvgIpc) is 2.42. The Morgan fingerprint density at radius 2 is 2.00 bits per heavy atom. The number of nitrogens with zero attached hydrogens (tertiary/aromatic N) is 2. The van der Waals surface area contributed by atoms with Crippen LogP contribution in [0.1, 0.15) is 40.2 Å². The van der Waals surface area contributed by atoms with Crippen LogP contribution in [0.5, 0.6) is 0 Å². The van der Waals surface area contributed by atoms with Crippen molar-refractivity contribution >= 4 is 17.7 Å². The van der Waals surface area contributed by atoms with Crippen molar-refractivity contribution in [2.45, 2.75) is 52.8 Å². The molecule has 1 aliphatic heterocycles. The second kappa shape index (κ2) is 7.87. The zero-order valence-corrected chi connectivity index (χ0v) is 15.8. The molecule has 2 amide bonds. The smallest absolute Gasteiger partial charge is 0.410 e. The predicted octanol–water partition coefficient (Wildman–Crippen LogP) is 3.09. The first-order valence-corrected chi connectivity index (χ1v) is 8.76. The van der Waals surface area contributed by atoms with E-state index in [1.54, 1.807) is 4.90 Å². The molecule has 0 spiro atoms. The molecule has 1 N–H and O–H groups in total. The van der Waals surface area contributed by atoms with Gasteiger partial charge in [0.05, 0.1) is 0 Å². The van der Waals surface area contributed by atoms with Crippen molar-refractivity contribution in [2.24, 2.45) is 0 Å². The highest BCUT2D eigenvalue weighted by atomic mass is 16.6. The second-order valence-electron chi connectivity index (χ2n) is 7.48. The maximum atomic E-state index is 12.0. The van der Waals surface area contributed by atoms with Crippen LogP contribution in [-0.2, 0) is 16.1 Å². The molecule has 138 valence electrons. The first kappa shape index (κ1) is 19.2. The molecule has 1 heterocycles. The number of carbonyl (C=O) groups excluding carboxylic acids is 2. The van der Waals surface area contributed by atoms with Gasteiger partial charge in [-0.25, -0.2) is 4.79 Å². The molecule has 0 aromatic heterocycles. The van der Waals surface area contributed by atoms with Gasteiger partial charge in [0.2, 0.25) is 5.91 Å². The zero-order chi connectivity index (χ0) is 18.6. The van der Waals surface area contributed by atoms with Crippen molar-refractivity contribution in [3.05, 3.63) is 29.8 Å². The molecule has 0 radical (unpaired) electrons. The highest BCUT2D eigenvalue weighted by molar-refractivity contribution is 5.88. The Balaban J connectivity index is 1.90. The molecular weight excluding hydrogens is 318 g/mol. The lowest BCUT2D eigenvalue weighted by atomic mass is 10.1. The highest BCUT2D eigenvalue weighted by Gasteiger charge is 2.36. The minimum Gasteiger partial charge on any atom is -0.444 e. The molecular formula is C19H29N3O3. The first-order valence-electron chi connectivity index (χ1n) is 8.76. The van der Waals surface area contributed by atoms with Gasteiger partial charge in [-0.3, -0.25) is 9.69 Å². The Kier molecular flexibility index (Phi) is 6.06. The summed E-state index contributed by atoms with van der Waals surface area (Å²) in [5, 5.41) is 2.81. The molecule has 0 saturated carbocycles. The lowest BCUT2D eigenvalue weighted by Gasteiger charge is -2.45. The van der Waals surface area contributed by atoms with Crippen LogP contribution in [0.3, 0.4) is 0 Å². The normalized spacial score (nSPS) is 15.0. The Morgan fingerprint density at radius 1 is 1.32 bits per heavy atom. The number of carbonyl (C=O) groups is 2. The van der Waals surface area contributed by atoms with Crippen LogP contribution >= 0.6 is 0 Å². The number of rotatable bonds is 5. The number of hydrogen-bond acceptors (Lipinski definition) is 4. The molecule has 2 rings (SSSR count). The summed E-state index contributed by atoms with van der Waals surface area (Å²) in [5.74, 6) is -0.0727. The first-order chi connectivity index (χ1) is 11.7. The maximum absolute atomic E-state index is 12.0. The highest BCUT2D eigenvalue weighted by Crippen LogP contribution is 2.21. The molecule has 0 aliphatic carbocycles. The molecule has 1 aromatic carbocycles. The molecule has 1 saturated heterocycles. The molecule has 0 bridgehead atoms. The number of benzene rings is 1. The zero-order valence-electron chi connectivity index (χ0n) is 15.8. The Morgan fingerprint density at radius 3 is 2.56 bits per heavy atom. The van der Waals surface area contributed by atoms with Gasteiger partial charge in [0, 0.05) is 38.3 Å². The third-order valence-electron chi connectivity index (χ3n) is 4.07. The second-order valence-corrected chi connectivity index (χ2v) is 7.48. The average molecular weight is 347 g/mol. The van der Waals surface area contributed by atoms with Gasteiger partial charge in [-0.1, -0.05) is 19.1 Å². The molecule has 6 heteroatoms. The van der Waals surface area contributed by atoms with Crippen molar-refractivity contribution in [2.75, 3.05) is 25.0 Å². The van der Waals surface area contributed by atoms with Gasteiger partial charge in [-0.15, -0.1) is 0 Å². The van der Waals surface area contributed by atoms with Crippen LogP contribution in [0.4, 0.5) is 10.5 Å². The van der Waals surface area contributed by atoms with Crippen LogP contribution in [-0.4, -0.2) is 53.1 Å². The maximum Gasteiger partial charge on any atom is 0.410 e. The van der Waals surface area contributed by atoms with Crippen LogP contribution in [0.2, 0.25) is 0 Å². The quantitative estimate of drug-likeness (QED) is 0.889. The fraction of sp³-hybridized carbons (Fsp3) is 0.579. The largest absolute Gasteiger partial charge is 0.444 e. The summed E-state index contributed by atoms with van der Waals surface area (Å²) in [6.45, 7) is 12.3. The summed E-state index contributed by atoms with van der Waals surface area (Å²) in [6, 6.07) is 8.21. The number of likely N-dealkylation sites (N-methyl/N-ethyl adjacent to an activating group) is 1. The Bertz CT molecular complexity index is 619. The number of hydrogen-bond donors (Lipinski definition) is 1. The fourth-order valence-electron chi connectivity index (χ4n) is 2.85. The van der Waals surface area contributed by atoms with E-state index in [9.17, 15) is 9.59 Å². The number of amides is 2. The van der Waals surface area contributed by atoms with Crippen molar-refractivity contribution in [3.63, 3.8) is 0 Å². The van der Waals surface area contributed by atoms with E-state index in [2.05, 4.69) is 23.2 Å². The van der Waals surface area contributed by atoms with E-state index in [0.717, 1.165) is 24.3 Å². The topological polar surface area (TPSA) is 61.9 Å². The van der Waals surface area contributed by atoms with Crippen LogP contribution in [0.25, 0.3) is 0 Å². The lowest BCUT2D eigenvalue weighted by molar-refractivity contribution is -0.114. The van der Waals surface area contributed by atoms with Gasteiger partial charge in [0.25, 0.3) is 0 Å². The molecule has 25 heavy (non-hydrogen) atoms. The minimum atomic E-state index is -0.462. The van der Waals surface area contributed by atoms with Gasteiger partial charge in [-0.2, -0.15) is 0 Å². The molecule has 0 atom stereocenters. The standard InChI is InChI=1S/C19H29N3O3/c1-6-21(11-15-8-7-9-16(10-15)20-14(2)23)17-12-22(13-17)18(24)25-19(3,4)5/h7-10,17H,6,11-13H2,1-5H3,(H,20,23).